The first kappa shape index (κ1) is 18.9. The van der Waals surface area contributed by atoms with Gasteiger partial charge in [-0.15, -0.1) is 11.3 Å². The molecule has 2 aliphatic heterocycles. The van der Waals surface area contributed by atoms with E-state index in [-0.39, 0.29) is 23.8 Å². The summed E-state index contributed by atoms with van der Waals surface area (Å²) in [6, 6.07) is 3.68. The summed E-state index contributed by atoms with van der Waals surface area (Å²) >= 11 is 1.57. The van der Waals surface area contributed by atoms with E-state index in [1.54, 1.807) is 11.3 Å². The summed E-state index contributed by atoms with van der Waals surface area (Å²) in [5, 5.41) is 15.5. The number of fused-ring (bicyclic) bond motifs is 1. The molecule has 0 aromatic carbocycles. The van der Waals surface area contributed by atoms with Gasteiger partial charge in [-0.05, 0) is 49.0 Å². The highest BCUT2D eigenvalue weighted by atomic mass is 32.1. The molecule has 2 saturated heterocycles. The molecular formula is C20H28N2O4S. The van der Waals surface area contributed by atoms with Crippen LogP contribution in [0, 0.1) is 17.8 Å². The molecule has 1 saturated carbocycles. The van der Waals surface area contributed by atoms with Crippen LogP contribution in [0.3, 0.4) is 0 Å². The van der Waals surface area contributed by atoms with Crippen LogP contribution >= 0.6 is 11.3 Å². The lowest BCUT2D eigenvalue weighted by atomic mass is 9.77. The predicted molar refractivity (Wildman–Crippen MR) is 102 cm³/mol. The molecule has 0 spiro atoms. The molecule has 4 atom stereocenters. The maximum atomic E-state index is 12.8. The molecule has 4 rings (SSSR count). The zero-order chi connectivity index (χ0) is 18.8. The van der Waals surface area contributed by atoms with Crippen molar-refractivity contribution < 1.29 is 19.4 Å². The summed E-state index contributed by atoms with van der Waals surface area (Å²) in [6.45, 7) is 2.85. The summed E-state index contributed by atoms with van der Waals surface area (Å²) in [5.41, 5.74) is 0. The molecule has 27 heavy (non-hydrogen) atoms. The van der Waals surface area contributed by atoms with Crippen molar-refractivity contribution in [3.05, 3.63) is 22.4 Å². The number of thiophene rings is 1. The molecular weight excluding hydrogens is 364 g/mol. The number of carbonyl (C=O) groups excluding carboxylic acids is 2. The Morgan fingerprint density at radius 2 is 1.96 bits per heavy atom. The van der Waals surface area contributed by atoms with Gasteiger partial charge in [-0.25, -0.2) is 0 Å². The van der Waals surface area contributed by atoms with Crippen LogP contribution in [0.15, 0.2) is 17.5 Å². The lowest BCUT2D eigenvalue weighted by molar-refractivity contribution is -0.137. The fourth-order valence-electron chi connectivity index (χ4n) is 4.80. The van der Waals surface area contributed by atoms with Gasteiger partial charge in [0.2, 0.25) is 11.8 Å². The molecule has 0 radical (unpaired) electrons. The molecule has 3 heterocycles. The average Bonchev–Trinajstić information content (AvgIpc) is 3.31. The normalized spacial score (nSPS) is 31.5. The Morgan fingerprint density at radius 1 is 1.22 bits per heavy atom. The Bertz CT molecular complexity index is 659. The molecule has 1 aliphatic carbocycles. The molecule has 0 bridgehead atoms. The number of aliphatic hydroxyl groups is 1. The van der Waals surface area contributed by atoms with Crippen LogP contribution in [-0.4, -0.2) is 60.3 Å². The van der Waals surface area contributed by atoms with E-state index in [0.717, 1.165) is 37.2 Å². The second-order valence-electron chi connectivity index (χ2n) is 8.12. The van der Waals surface area contributed by atoms with Gasteiger partial charge in [0, 0.05) is 37.1 Å². The molecule has 2 amide bonds. The first-order chi connectivity index (χ1) is 13.1. The highest BCUT2D eigenvalue weighted by Gasteiger charge is 2.44. The van der Waals surface area contributed by atoms with Crippen molar-refractivity contribution in [2.45, 2.75) is 44.2 Å². The lowest BCUT2D eigenvalue weighted by Gasteiger charge is -2.35. The monoisotopic (exact) mass is 392 g/mol. The Labute approximate surface area is 163 Å². The first-order valence-electron chi connectivity index (χ1n) is 9.96. The van der Waals surface area contributed by atoms with Gasteiger partial charge in [-0.1, -0.05) is 6.07 Å². The van der Waals surface area contributed by atoms with Crippen molar-refractivity contribution in [1.82, 2.24) is 10.2 Å². The Morgan fingerprint density at radius 3 is 2.67 bits per heavy atom. The zero-order valence-electron chi connectivity index (χ0n) is 15.5. The van der Waals surface area contributed by atoms with E-state index in [1.165, 1.54) is 0 Å². The smallest absolute Gasteiger partial charge is 0.225 e. The molecule has 3 fully saturated rings. The van der Waals surface area contributed by atoms with Crippen molar-refractivity contribution in [3.8, 4) is 0 Å². The number of nitrogens with zero attached hydrogens (tertiary/aromatic N) is 1. The largest absolute Gasteiger partial charge is 0.391 e. The third-order valence-corrected chi connectivity index (χ3v) is 7.16. The van der Waals surface area contributed by atoms with Crippen LogP contribution in [0.4, 0.5) is 0 Å². The minimum atomic E-state index is -0.531. The minimum Gasteiger partial charge on any atom is -0.391 e. The van der Waals surface area contributed by atoms with E-state index in [2.05, 4.69) is 5.32 Å². The van der Waals surface area contributed by atoms with Crippen LogP contribution in [-0.2, 0) is 20.7 Å². The van der Waals surface area contributed by atoms with Crippen molar-refractivity contribution in [2.24, 2.45) is 17.8 Å². The number of aliphatic hydroxyl groups excluding tert-OH is 1. The zero-order valence-corrected chi connectivity index (χ0v) is 16.3. The fourth-order valence-corrected chi connectivity index (χ4v) is 5.50. The molecule has 1 aromatic heterocycles. The Balaban J connectivity index is 1.31. The standard InChI is InChI=1S/C20H28N2O4S/c23-18-9-15-12-22(20(25)13-3-5-26-6-4-13)11-14(15)8-17(18)21-19(24)10-16-2-1-7-27-16/h1-2,7,13-15,17-18,23H,3-6,8-12H2,(H,21,24)/t14-,15+,17-,18-/m0/s1. The molecule has 7 heteroatoms. The Hall–Kier alpha value is -1.44. The minimum absolute atomic E-state index is 0.0342. The van der Waals surface area contributed by atoms with Crippen molar-refractivity contribution in [2.75, 3.05) is 26.3 Å². The maximum Gasteiger partial charge on any atom is 0.225 e. The molecule has 0 unspecified atom stereocenters. The summed E-state index contributed by atoms with van der Waals surface area (Å²) < 4.78 is 5.37. The van der Waals surface area contributed by atoms with Crippen LogP contribution in [0.25, 0.3) is 0 Å². The number of ether oxygens (including phenoxy) is 1. The van der Waals surface area contributed by atoms with E-state index < -0.39 is 6.10 Å². The van der Waals surface area contributed by atoms with E-state index in [0.29, 0.717) is 37.9 Å². The SMILES string of the molecule is O=C(Cc1cccs1)N[C@H]1C[C@H]2CN(C(=O)C3CCOCC3)C[C@H]2C[C@@H]1O. The Kier molecular flexibility index (Phi) is 5.80. The molecule has 3 aliphatic rings. The summed E-state index contributed by atoms with van der Waals surface area (Å²) in [5.74, 6) is 1.01. The average molecular weight is 393 g/mol. The van der Waals surface area contributed by atoms with Crippen molar-refractivity contribution in [3.63, 3.8) is 0 Å². The van der Waals surface area contributed by atoms with Crippen LogP contribution in [0.2, 0.25) is 0 Å². The van der Waals surface area contributed by atoms with Crippen LogP contribution < -0.4 is 5.32 Å². The first-order valence-corrected chi connectivity index (χ1v) is 10.8. The van der Waals surface area contributed by atoms with Crippen molar-refractivity contribution >= 4 is 23.2 Å². The van der Waals surface area contributed by atoms with Crippen molar-refractivity contribution in [1.29, 1.82) is 0 Å². The molecule has 148 valence electrons. The van der Waals surface area contributed by atoms with E-state index in [9.17, 15) is 14.7 Å². The van der Waals surface area contributed by atoms with E-state index in [1.807, 2.05) is 22.4 Å². The second kappa shape index (κ2) is 8.29. The number of amides is 2. The molecule has 1 aromatic rings. The van der Waals surface area contributed by atoms with Gasteiger partial charge >= 0.3 is 0 Å². The molecule has 2 N–H and O–H groups in total. The number of rotatable bonds is 4. The van der Waals surface area contributed by atoms with Gasteiger partial charge < -0.3 is 20.1 Å². The molecule has 6 nitrogen and oxygen atoms in total. The number of hydrogen-bond donors (Lipinski definition) is 2. The fraction of sp³-hybridized carbons (Fsp3) is 0.700. The van der Waals surface area contributed by atoms with Gasteiger partial charge in [0.25, 0.3) is 0 Å². The quantitative estimate of drug-likeness (QED) is 0.813. The number of likely N-dealkylation sites (tertiary alicyclic amines) is 1. The third-order valence-electron chi connectivity index (χ3n) is 6.29. The topological polar surface area (TPSA) is 78.9 Å². The second-order valence-corrected chi connectivity index (χ2v) is 9.15. The van der Waals surface area contributed by atoms with Gasteiger partial charge in [0.15, 0.2) is 0 Å². The van der Waals surface area contributed by atoms with E-state index >= 15 is 0 Å². The summed E-state index contributed by atoms with van der Waals surface area (Å²) in [6.07, 6.45) is 2.87. The van der Waals surface area contributed by atoms with Gasteiger partial charge in [0.1, 0.15) is 0 Å². The van der Waals surface area contributed by atoms with Crippen LogP contribution in [0.1, 0.15) is 30.6 Å². The highest BCUT2D eigenvalue weighted by molar-refractivity contribution is 7.10. The predicted octanol–water partition coefficient (Wildman–Crippen LogP) is 1.43. The number of nitrogens with one attached hydrogen (secondary N) is 1. The van der Waals surface area contributed by atoms with Gasteiger partial charge in [-0.3, -0.25) is 9.59 Å². The third kappa shape index (κ3) is 4.36. The maximum absolute atomic E-state index is 12.8. The van der Waals surface area contributed by atoms with Gasteiger partial charge in [0.05, 0.1) is 18.6 Å². The van der Waals surface area contributed by atoms with E-state index in [4.69, 9.17) is 4.74 Å². The lowest BCUT2D eigenvalue weighted by Crippen LogP contribution is -2.49. The highest BCUT2D eigenvalue weighted by Crippen LogP contribution is 2.37. The summed E-state index contributed by atoms with van der Waals surface area (Å²) in [4.78, 5) is 28.1. The van der Waals surface area contributed by atoms with Gasteiger partial charge in [-0.2, -0.15) is 0 Å². The number of carbonyl (C=O) groups is 2. The van der Waals surface area contributed by atoms with Crippen LogP contribution in [0.5, 0.6) is 0 Å². The summed E-state index contributed by atoms with van der Waals surface area (Å²) in [7, 11) is 0. The number of hydrogen-bond acceptors (Lipinski definition) is 5.